The molecule has 0 bridgehead atoms. The fourth-order valence-electron chi connectivity index (χ4n) is 2.04. The van der Waals surface area contributed by atoms with Crippen molar-refractivity contribution in [3.8, 4) is 0 Å². The second-order valence-corrected chi connectivity index (χ2v) is 4.52. The van der Waals surface area contributed by atoms with Crippen molar-refractivity contribution in [1.82, 2.24) is 10.2 Å². The Morgan fingerprint density at radius 3 is 2.07 bits per heavy atom. The lowest BCUT2D eigenvalue weighted by Crippen LogP contribution is -2.57. The van der Waals surface area contributed by atoms with Gasteiger partial charge in [-0.25, -0.2) is 4.79 Å². The van der Waals surface area contributed by atoms with Crippen LogP contribution >= 0.6 is 0 Å². The Balaban J connectivity index is 2.73. The Labute approximate surface area is 91.0 Å². The molecule has 1 rings (SSSR count). The molecule has 0 aromatic carbocycles. The van der Waals surface area contributed by atoms with E-state index in [0.29, 0.717) is 0 Å². The van der Waals surface area contributed by atoms with Crippen LogP contribution in [0, 0.1) is 0 Å². The summed E-state index contributed by atoms with van der Waals surface area (Å²) in [7, 11) is 3.37. The number of urea groups is 1. The number of carbonyl (C=O) groups excluding carboxylic acids is 2. The average Bonchev–Trinajstić information content (AvgIpc) is 2.18. The van der Waals surface area contributed by atoms with Crippen LogP contribution in [0.3, 0.4) is 0 Å². The molecule has 0 aromatic rings. The molecule has 4 heteroatoms. The second kappa shape index (κ2) is 4.64. The van der Waals surface area contributed by atoms with Crippen LogP contribution in [0.5, 0.6) is 0 Å². The van der Waals surface area contributed by atoms with Gasteiger partial charge in [0.15, 0.2) is 5.78 Å². The van der Waals surface area contributed by atoms with Crippen molar-refractivity contribution in [3.63, 3.8) is 0 Å². The number of rotatable bonds is 2. The highest BCUT2D eigenvalue weighted by atomic mass is 16.2. The highest BCUT2D eigenvalue weighted by Gasteiger charge is 2.38. The lowest BCUT2D eigenvalue weighted by molar-refractivity contribution is -0.124. The van der Waals surface area contributed by atoms with Crippen LogP contribution in [0.2, 0.25) is 0 Å². The van der Waals surface area contributed by atoms with Crippen LogP contribution in [0.4, 0.5) is 4.79 Å². The van der Waals surface area contributed by atoms with Gasteiger partial charge < -0.3 is 10.2 Å². The number of hydrogen-bond acceptors (Lipinski definition) is 2. The maximum atomic E-state index is 11.6. The van der Waals surface area contributed by atoms with Crippen LogP contribution in [0.15, 0.2) is 0 Å². The molecule has 1 aliphatic carbocycles. The second-order valence-electron chi connectivity index (χ2n) is 4.52. The highest BCUT2D eigenvalue weighted by molar-refractivity contribution is 5.90. The zero-order chi connectivity index (χ0) is 11.5. The number of nitrogens with one attached hydrogen (secondary N) is 1. The van der Waals surface area contributed by atoms with Gasteiger partial charge in [0.1, 0.15) is 0 Å². The smallest absolute Gasteiger partial charge is 0.317 e. The summed E-state index contributed by atoms with van der Waals surface area (Å²) in [5, 5.41) is 2.87. The van der Waals surface area contributed by atoms with Crippen LogP contribution in [0.1, 0.15) is 39.0 Å². The van der Waals surface area contributed by atoms with Crippen molar-refractivity contribution in [3.05, 3.63) is 0 Å². The van der Waals surface area contributed by atoms with E-state index >= 15 is 0 Å². The maximum absolute atomic E-state index is 11.6. The number of hydrogen-bond donors (Lipinski definition) is 1. The molecule has 0 unspecified atom stereocenters. The number of ketones is 1. The number of carbonyl (C=O) groups is 2. The molecule has 0 atom stereocenters. The Morgan fingerprint density at radius 2 is 1.67 bits per heavy atom. The van der Waals surface area contributed by atoms with E-state index in [9.17, 15) is 9.59 Å². The SMILES string of the molecule is CC(=O)C1(NC(=O)N(C)C)CCCCC1. The summed E-state index contributed by atoms with van der Waals surface area (Å²) in [4.78, 5) is 24.7. The molecule has 1 saturated carbocycles. The highest BCUT2D eigenvalue weighted by Crippen LogP contribution is 2.29. The van der Waals surface area contributed by atoms with Gasteiger partial charge in [0.2, 0.25) is 0 Å². The van der Waals surface area contributed by atoms with Gasteiger partial charge in [0.05, 0.1) is 5.54 Å². The number of nitrogens with zero attached hydrogens (tertiary/aromatic N) is 1. The van der Waals surface area contributed by atoms with Gasteiger partial charge in [-0.2, -0.15) is 0 Å². The predicted molar refractivity (Wildman–Crippen MR) is 58.7 cm³/mol. The Hall–Kier alpha value is -1.06. The molecule has 1 aliphatic rings. The van der Waals surface area contributed by atoms with E-state index in [2.05, 4.69) is 5.32 Å². The summed E-state index contributed by atoms with van der Waals surface area (Å²) in [6.45, 7) is 1.57. The monoisotopic (exact) mass is 212 g/mol. The van der Waals surface area contributed by atoms with Crippen LogP contribution in [0.25, 0.3) is 0 Å². The minimum atomic E-state index is -0.598. The van der Waals surface area contributed by atoms with Crippen molar-refractivity contribution in [1.29, 1.82) is 0 Å². The van der Waals surface area contributed by atoms with E-state index in [1.807, 2.05) is 0 Å². The van der Waals surface area contributed by atoms with E-state index in [-0.39, 0.29) is 11.8 Å². The van der Waals surface area contributed by atoms with Crippen LogP contribution < -0.4 is 5.32 Å². The van der Waals surface area contributed by atoms with Gasteiger partial charge in [-0.3, -0.25) is 4.79 Å². The van der Waals surface area contributed by atoms with Gasteiger partial charge in [-0.15, -0.1) is 0 Å². The van der Waals surface area contributed by atoms with E-state index in [0.717, 1.165) is 32.1 Å². The van der Waals surface area contributed by atoms with Gasteiger partial charge in [0.25, 0.3) is 0 Å². The van der Waals surface area contributed by atoms with E-state index < -0.39 is 5.54 Å². The fourth-order valence-corrected chi connectivity index (χ4v) is 2.04. The van der Waals surface area contributed by atoms with Crippen LogP contribution in [-0.2, 0) is 4.79 Å². The standard InChI is InChI=1S/C11H20N2O2/c1-9(14)11(7-5-4-6-8-11)12-10(15)13(2)3/h4-8H2,1-3H3,(H,12,15). The van der Waals surface area contributed by atoms with Crippen molar-refractivity contribution >= 4 is 11.8 Å². The molecular formula is C11H20N2O2. The zero-order valence-electron chi connectivity index (χ0n) is 9.80. The molecular weight excluding hydrogens is 192 g/mol. The van der Waals surface area contributed by atoms with Crippen molar-refractivity contribution in [2.24, 2.45) is 0 Å². The Morgan fingerprint density at radius 1 is 1.13 bits per heavy atom. The predicted octanol–water partition coefficient (Wildman–Crippen LogP) is 1.55. The molecule has 86 valence electrons. The first-order chi connectivity index (χ1) is 6.98. The third-order valence-corrected chi connectivity index (χ3v) is 3.13. The van der Waals surface area contributed by atoms with E-state index in [4.69, 9.17) is 0 Å². The number of amides is 2. The van der Waals surface area contributed by atoms with Gasteiger partial charge in [-0.05, 0) is 19.8 Å². The first-order valence-electron chi connectivity index (χ1n) is 5.48. The third kappa shape index (κ3) is 2.70. The molecule has 0 saturated heterocycles. The molecule has 0 spiro atoms. The van der Waals surface area contributed by atoms with Crippen molar-refractivity contribution < 1.29 is 9.59 Å². The van der Waals surface area contributed by atoms with Gasteiger partial charge in [0, 0.05) is 14.1 Å². The minimum absolute atomic E-state index is 0.0809. The summed E-state index contributed by atoms with van der Waals surface area (Å²) in [5.41, 5.74) is -0.598. The summed E-state index contributed by atoms with van der Waals surface area (Å²) in [5.74, 6) is 0.0809. The Bertz CT molecular complexity index is 255. The molecule has 2 amide bonds. The minimum Gasteiger partial charge on any atom is -0.331 e. The lowest BCUT2D eigenvalue weighted by Gasteiger charge is -2.36. The summed E-state index contributed by atoms with van der Waals surface area (Å²) < 4.78 is 0. The molecule has 1 N–H and O–H groups in total. The normalized spacial score (nSPS) is 19.4. The largest absolute Gasteiger partial charge is 0.331 e. The molecule has 0 heterocycles. The zero-order valence-corrected chi connectivity index (χ0v) is 9.80. The summed E-state index contributed by atoms with van der Waals surface area (Å²) >= 11 is 0. The van der Waals surface area contributed by atoms with Crippen LogP contribution in [-0.4, -0.2) is 36.3 Å². The van der Waals surface area contributed by atoms with Crippen molar-refractivity contribution in [2.45, 2.75) is 44.6 Å². The van der Waals surface area contributed by atoms with E-state index in [1.165, 1.54) is 4.90 Å². The van der Waals surface area contributed by atoms with Crippen molar-refractivity contribution in [2.75, 3.05) is 14.1 Å². The lowest BCUT2D eigenvalue weighted by atomic mass is 9.79. The Kier molecular flexibility index (Phi) is 3.72. The van der Waals surface area contributed by atoms with Gasteiger partial charge in [-0.1, -0.05) is 19.3 Å². The topological polar surface area (TPSA) is 49.4 Å². The first kappa shape index (κ1) is 12.0. The van der Waals surface area contributed by atoms with E-state index in [1.54, 1.807) is 21.0 Å². The molecule has 4 nitrogen and oxygen atoms in total. The molecule has 0 radical (unpaired) electrons. The average molecular weight is 212 g/mol. The third-order valence-electron chi connectivity index (χ3n) is 3.13. The molecule has 15 heavy (non-hydrogen) atoms. The molecule has 1 fully saturated rings. The summed E-state index contributed by atoms with van der Waals surface area (Å²) in [6, 6.07) is -0.174. The molecule has 0 aromatic heterocycles. The fraction of sp³-hybridized carbons (Fsp3) is 0.818. The molecule has 0 aliphatic heterocycles. The maximum Gasteiger partial charge on any atom is 0.317 e. The number of Topliss-reactive ketones (excluding diaryl/α,β-unsaturated/α-hetero) is 1. The quantitative estimate of drug-likeness (QED) is 0.755. The summed E-state index contributed by atoms with van der Waals surface area (Å²) in [6.07, 6.45) is 4.76. The van der Waals surface area contributed by atoms with Gasteiger partial charge >= 0.3 is 6.03 Å². The first-order valence-corrected chi connectivity index (χ1v) is 5.48.